The first-order valence-electron chi connectivity index (χ1n) is 8.15. The van der Waals surface area contributed by atoms with Crippen LogP contribution in [-0.4, -0.2) is 23.4 Å². The quantitative estimate of drug-likeness (QED) is 0.848. The summed E-state index contributed by atoms with van der Waals surface area (Å²) in [7, 11) is 0. The van der Waals surface area contributed by atoms with Crippen LogP contribution in [0.3, 0.4) is 0 Å². The van der Waals surface area contributed by atoms with Crippen LogP contribution in [0.4, 0.5) is 0 Å². The Balaban J connectivity index is 1.89. The van der Waals surface area contributed by atoms with Gasteiger partial charge in [0.1, 0.15) is 0 Å². The third kappa shape index (κ3) is 5.53. The van der Waals surface area contributed by atoms with E-state index in [2.05, 4.69) is 55.3 Å². The van der Waals surface area contributed by atoms with E-state index >= 15 is 0 Å². The second-order valence-corrected chi connectivity index (χ2v) is 6.19. The van der Waals surface area contributed by atoms with Crippen LogP contribution in [0.25, 0.3) is 0 Å². The number of hydrogen-bond donors (Lipinski definition) is 1. The number of aryl methyl sites for hydroxylation is 1. The van der Waals surface area contributed by atoms with E-state index in [0.717, 1.165) is 6.54 Å². The molecule has 2 rings (SSSR count). The predicted octanol–water partition coefficient (Wildman–Crippen LogP) is 3.52. The highest BCUT2D eigenvalue weighted by atomic mass is 16.2. The van der Waals surface area contributed by atoms with Gasteiger partial charge in [-0.2, -0.15) is 0 Å². The molecule has 0 saturated carbocycles. The van der Waals surface area contributed by atoms with Gasteiger partial charge in [-0.15, -0.1) is 0 Å². The van der Waals surface area contributed by atoms with Crippen molar-refractivity contribution in [2.24, 2.45) is 0 Å². The zero-order valence-corrected chi connectivity index (χ0v) is 14.3. The summed E-state index contributed by atoms with van der Waals surface area (Å²) in [5.41, 5.74) is 3.60. The summed E-state index contributed by atoms with van der Waals surface area (Å²) in [4.78, 5) is 14.5. The molecule has 0 unspecified atom stereocenters. The van der Waals surface area contributed by atoms with Crippen LogP contribution in [0.15, 0.2) is 54.6 Å². The Labute approximate surface area is 139 Å². The Morgan fingerprint density at radius 3 is 2.35 bits per heavy atom. The van der Waals surface area contributed by atoms with E-state index in [1.165, 1.54) is 16.7 Å². The van der Waals surface area contributed by atoms with E-state index in [4.69, 9.17) is 0 Å². The van der Waals surface area contributed by atoms with Crippen molar-refractivity contribution in [1.82, 2.24) is 10.2 Å². The van der Waals surface area contributed by atoms with Gasteiger partial charge in [0, 0.05) is 19.1 Å². The molecule has 122 valence electrons. The number of rotatable bonds is 7. The van der Waals surface area contributed by atoms with Crippen molar-refractivity contribution in [1.29, 1.82) is 0 Å². The SMILES string of the molecule is Cc1ccccc1CNC(=O)CN(Cc1ccccc1)C(C)C. The van der Waals surface area contributed by atoms with Gasteiger partial charge in [0.05, 0.1) is 6.54 Å². The lowest BCUT2D eigenvalue weighted by Crippen LogP contribution is -2.40. The van der Waals surface area contributed by atoms with Crippen LogP contribution >= 0.6 is 0 Å². The van der Waals surface area contributed by atoms with Crippen molar-refractivity contribution >= 4 is 5.91 Å². The van der Waals surface area contributed by atoms with Crippen molar-refractivity contribution in [2.45, 2.75) is 39.9 Å². The Morgan fingerprint density at radius 1 is 1.04 bits per heavy atom. The molecule has 0 radical (unpaired) electrons. The molecule has 0 atom stereocenters. The molecule has 3 heteroatoms. The van der Waals surface area contributed by atoms with Gasteiger partial charge in [0.2, 0.25) is 5.91 Å². The van der Waals surface area contributed by atoms with Gasteiger partial charge in [-0.3, -0.25) is 9.69 Å². The van der Waals surface area contributed by atoms with Gasteiger partial charge >= 0.3 is 0 Å². The predicted molar refractivity (Wildman–Crippen MR) is 95.0 cm³/mol. The highest BCUT2D eigenvalue weighted by Gasteiger charge is 2.14. The fourth-order valence-electron chi connectivity index (χ4n) is 2.48. The fourth-order valence-corrected chi connectivity index (χ4v) is 2.48. The smallest absolute Gasteiger partial charge is 0.234 e. The number of nitrogens with zero attached hydrogens (tertiary/aromatic N) is 1. The van der Waals surface area contributed by atoms with Crippen LogP contribution < -0.4 is 5.32 Å². The molecule has 3 nitrogen and oxygen atoms in total. The normalized spacial score (nSPS) is 11.0. The molecule has 0 saturated heterocycles. The molecular weight excluding hydrogens is 284 g/mol. The maximum absolute atomic E-state index is 12.3. The van der Waals surface area contributed by atoms with Crippen molar-refractivity contribution < 1.29 is 4.79 Å². The van der Waals surface area contributed by atoms with E-state index < -0.39 is 0 Å². The van der Waals surface area contributed by atoms with Gasteiger partial charge in [0.15, 0.2) is 0 Å². The minimum absolute atomic E-state index is 0.0675. The largest absolute Gasteiger partial charge is 0.351 e. The summed E-state index contributed by atoms with van der Waals surface area (Å²) in [6.07, 6.45) is 0. The molecule has 0 bridgehead atoms. The second kappa shape index (κ2) is 8.49. The number of hydrogen-bond acceptors (Lipinski definition) is 2. The molecule has 1 N–H and O–H groups in total. The number of carbonyl (C=O) groups excluding carboxylic acids is 1. The lowest BCUT2D eigenvalue weighted by Gasteiger charge is -2.26. The summed E-state index contributed by atoms with van der Waals surface area (Å²) in [6, 6.07) is 18.7. The standard InChI is InChI=1S/C20H26N2O/c1-16(2)22(14-18-10-5-4-6-11-18)15-20(23)21-13-19-12-8-7-9-17(19)3/h4-12,16H,13-15H2,1-3H3,(H,21,23). The number of benzene rings is 2. The van der Waals surface area contributed by atoms with Gasteiger partial charge in [-0.05, 0) is 37.5 Å². The van der Waals surface area contributed by atoms with E-state index in [-0.39, 0.29) is 5.91 Å². The number of amides is 1. The molecule has 0 aromatic heterocycles. The summed E-state index contributed by atoms with van der Waals surface area (Å²) < 4.78 is 0. The van der Waals surface area contributed by atoms with Crippen molar-refractivity contribution in [3.05, 3.63) is 71.3 Å². The molecule has 2 aromatic rings. The van der Waals surface area contributed by atoms with Crippen molar-refractivity contribution in [3.8, 4) is 0 Å². The molecule has 0 fully saturated rings. The third-order valence-corrected chi connectivity index (χ3v) is 4.04. The lowest BCUT2D eigenvalue weighted by molar-refractivity contribution is -0.123. The minimum atomic E-state index is 0.0675. The Kier molecular flexibility index (Phi) is 6.36. The molecule has 0 heterocycles. The molecule has 0 aliphatic rings. The number of nitrogens with one attached hydrogen (secondary N) is 1. The zero-order chi connectivity index (χ0) is 16.7. The summed E-state index contributed by atoms with van der Waals surface area (Å²) in [6.45, 7) is 8.10. The zero-order valence-electron chi connectivity index (χ0n) is 14.3. The monoisotopic (exact) mass is 310 g/mol. The lowest BCUT2D eigenvalue weighted by atomic mass is 10.1. The molecule has 1 amide bonds. The van der Waals surface area contributed by atoms with Crippen LogP contribution in [0.5, 0.6) is 0 Å². The molecule has 0 aliphatic heterocycles. The molecule has 2 aromatic carbocycles. The van der Waals surface area contributed by atoms with Crippen LogP contribution in [-0.2, 0) is 17.9 Å². The van der Waals surface area contributed by atoms with Crippen LogP contribution in [0.1, 0.15) is 30.5 Å². The average molecular weight is 310 g/mol. The summed E-state index contributed by atoms with van der Waals surface area (Å²) >= 11 is 0. The Hall–Kier alpha value is -2.13. The molecule has 0 spiro atoms. The topological polar surface area (TPSA) is 32.3 Å². The minimum Gasteiger partial charge on any atom is -0.351 e. The first-order valence-corrected chi connectivity index (χ1v) is 8.15. The highest BCUT2D eigenvalue weighted by molar-refractivity contribution is 5.78. The van der Waals surface area contributed by atoms with Gasteiger partial charge in [-0.25, -0.2) is 0 Å². The third-order valence-electron chi connectivity index (χ3n) is 4.04. The first kappa shape index (κ1) is 17.2. The second-order valence-electron chi connectivity index (χ2n) is 6.19. The van der Waals surface area contributed by atoms with Crippen molar-refractivity contribution in [2.75, 3.05) is 6.54 Å². The average Bonchev–Trinajstić information content (AvgIpc) is 2.54. The molecular formula is C20H26N2O. The van der Waals surface area contributed by atoms with Gasteiger partial charge in [-0.1, -0.05) is 54.6 Å². The summed E-state index contributed by atoms with van der Waals surface area (Å²) in [5.74, 6) is 0.0675. The van der Waals surface area contributed by atoms with Crippen molar-refractivity contribution in [3.63, 3.8) is 0 Å². The van der Waals surface area contributed by atoms with Crippen LogP contribution in [0, 0.1) is 6.92 Å². The van der Waals surface area contributed by atoms with E-state index in [0.29, 0.717) is 19.1 Å². The first-order chi connectivity index (χ1) is 11.1. The maximum Gasteiger partial charge on any atom is 0.234 e. The van der Waals surface area contributed by atoms with E-state index in [1.54, 1.807) is 0 Å². The maximum atomic E-state index is 12.3. The highest BCUT2D eigenvalue weighted by Crippen LogP contribution is 2.09. The Morgan fingerprint density at radius 2 is 1.70 bits per heavy atom. The molecule has 0 aliphatic carbocycles. The fraction of sp³-hybridized carbons (Fsp3) is 0.350. The Bertz CT molecular complexity index is 623. The summed E-state index contributed by atoms with van der Waals surface area (Å²) in [5, 5.41) is 3.03. The van der Waals surface area contributed by atoms with Crippen LogP contribution in [0.2, 0.25) is 0 Å². The van der Waals surface area contributed by atoms with Gasteiger partial charge < -0.3 is 5.32 Å². The number of carbonyl (C=O) groups is 1. The van der Waals surface area contributed by atoms with E-state index in [1.807, 2.05) is 30.3 Å². The molecule has 23 heavy (non-hydrogen) atoms. The van der Waals surface area contributed by atoms with Gasteiger partial charge in [0.25, 0.3) is 0 Å². The van der Waals surface area contributed by atoms with E-state index in [9.17, 15) is 4.79 Å².